The number of aliphatic carboxylic acids is 1. The van der Waals surface area contributed by atoms with Gasteiger partial charge in [0.25, 0.3) is 0 Å². The Morgan fingerprint density at radius 2 is 0.545 bits per heavy atom. The van der Waals surface area contributed by atoms with Gasteiger partial charge in [0.1, 0.15) is 0 Å². The third-order valence-corrected chi connectivity index (χ3v) is 10.6. The molecular formula is C42H84O2. The first-order valence-corrected chi connectivity index (χ1v) is 20.9. The molecule has 1 unspecified atom stereocenters. The molecule has 1 atom stereocenters. The molecule has 0 radical (unpaired) electrons. The van der Waals surface area contributed by atoms with E-state index in [0.29, 0.717) is 0 Å². The second-order valence-electron chi connectivity index (χ2n) is 14.8. The molecule has 0 saturated carbocycles. The number of hydrogen-bond donors (Lipinski definition) is 1. The van der Waals surface area contributed by atoms with Crippen molar-refractivity contribution in [3.63, 3.8) is 0 Å². The van der Waals surface area contributed by atoms with E-state index in [1.54, 1.807) is 0 Å². The maximum absolute atomic E-state index is 11.9. The minimum Gasteiger partial charge on any atom is -0.481 e. The van der Waals surface area contributed by atoms with Crippen LogP contribution in [0.25, 0.3) is 0 Å². The minimum atomic E-state index is -0.561. The highest BCUT2D eigenvalue weighted by Gasteiger charge is 2.35. The number of hydrogen-bond acceptors (Lipinski definition) is 1. The van der Waals surface area contributed by atoms with Crippen LogP contribution >= 0.6 is 0 Å². The van der Waals surface area contributed by atoms with Crippen LogP contribution in [0, 0.1) is 5.41 Å². The predicted octanol–water partition coefficient (Wildman–Crippen LogP) is 15.6. The zero-order valence-electron chi connectivity index (χ0n) is 31.0. The largest absolute Gasteiger partial charge is 0.481 e. The first kappa shape index (κ1) is 43.5. The van der Waals surface area contributed by atoms with Crippen LogP contribution in [0.15, 0.2) is 0 Å². The van der Waals surface area contributed by atoms with Crippen molar-refractivity contribution in [2.75, 3.05) is 0 Å². The molecule has 0 amide bonds. The third kappa shape index (κ3) is 28.9. The van der Waals surface area contributed by atoms with Gasteiger partial charge in [-0.1, -0.05) is 239 Å². The van der Waals surface area contributed by atoms with Gasteiger partial charge in [0.15, 0.2) is 0 Å². The number of carbonyl (C=O) groups is 1. The third-order valence-electron chi connectivity index (χ3n) is 10.6. The molecule has 0 aromatic heterocycles. The molecule has 0 bridgehead atoms. The van der Waals surface area contributed by atoms with Crippen LogP contribution in [0.1, 0.15) is 258 Å². The van der Waals surface area contributed by atoms with Gasteiger partial charge in [-0.3, -0.25) is 4.79 Å². The molecule has 2 nitrogen and oxygen atoms in total. The number of unbranched alkanes of at least 4 members (excludes halogenated alkanes) is 32. The maximum atomic E-state index is 11.9. The second-order valence-corrected chi connectivity index (χ2v) is 14.8. The fourth-order valence-electron chi connectivity index (χ4n) is 7.20. The predicted molar refractivity (Wildman–Crippen MR) is 198 cm³/mol. The summed E-state index contributed by atoms with van der Waals surface area (Å²) in [5.74, 6) is -0.561. The molecule has 0 aromatic carbocycles. The highest BCUT2D eigenvalue weighted by atomic mass is 16.4. The summed E-state index contributed by atoms with van der Waals surface area (Å²) in [6, 6.07) is 0. The van der Waals surface area contributed by atoms with E-state index in [1.165, 1.54) is 199 Å². The second kappa shape index (κ2) is 35.3. The van der Waals surface area contributed by atoms with Crippen molar-refractivity contribution in [2.45, 2.75) is 258 Å². The molecule has 0 rings (SSSR count). The van der Waals surface area contributed by atoms with E-state index in [2.05, 4.69) is 20.8 Å². The van der Waals surface area contributed by atoms with Gasteiger partial charge in [-0.15, -0.1) is 0 Å². The molecule has 0 aliphatic rings. The first-order chi connectivity index (χ1) is 21.6. The van der Waals surface area contributed by atoms with Crippen LogP contribution < -0.4 is 0 Å². The summed E-state index contributed by atoms with van der Waals surface area (Å²) in [6.07, 6.45) is 50.3. The summed E-state index contributed by atoms with van der Waals surface area (Å²) in [5.41, 5.74) is -0.457. The summed E-state index contributed by atoms with van der Waals surface area (Å²) in [6.45, 7) is 6.53. The Morgan fingerprint density at radius 1 is 0.341 bits per heavy atom. The SMILES string of the molecule is CCCCCCCCCCCCCCCCCCCCCCCCCCCCCCCCCCC(CC)(CCCC)C(=O)O. The van der Waals surface area contributed by atoms with Crippen LogP contribution in [0.5, 0.6) is 0 Å². The molecule has 0 fully saturated rings. The molecule has 1 N–H and O–H groups in total. The van der Waals surface area contributed by atoms with Crippen molar-refractivity contribution in [2.24, 2.45) is 5.41 Å². The van der Waals surface area contributed by atoms with E-state index < -0.39 is 11.4 Å². The van der Waals surface area contributed by atoms with Crippen molar-refractivity contribution in [1.82, 2.24) is 0 Å². The fraction of sp³-hybridized carbons (Fsp3) is 0.976. The Hall–Kier alpha value is -0.530. The van der Waals surface area contributed by atoms with Crippen LogP contribution in [-0.4, -0.2) is 11.1 Å². The molecular weight excluding hydrogens is 536 g/mol. The number of carboxylic acids is 1. The molecule has 264 valence electrons. The highest BCUT2D eigenvalue weighted by Crippen LogP contribution is 2.35. The molecule has 0 spiro atoms. The van der Waals surface area contributed by atoms with Gasteiger partial charge in [-0.05, 0) is 19.3 Å². The van der Waals surface area contributed by atoms with Gasteiger partial charge in [0.05, 0.1) is 5.41 Å². The summed E-state index contributed by atoms with van der Waals surface area (Å²) < 4.78 is 0. The van der Waals surface area contributed by atoms with Crippen molar-refractivity contribution in [1.29, 1.82) is 0 Å². The molecule has 0 aliphatic heterocycles. The number of carboxylic acid groups (broad SMARTS) is 1. The van der Waals surface area contributed by atoms with Crippen molar-refractivity contribution >= 4 is 5.97 Å². The minimum absolute atomic E-state index is 0.457. The summed E-state index contributed by atoms with van der Waals surface area (Å²) >= 11 is 0. The average molecular weight is 621 g/mol. The smallest absolute Gasteiger partial charge is 0.309 e. The van der Waals surface area contributed by atoms with Gasteiger partial charge < -0.3 is 5.11 Å². The maximum Gasteiger partial charge on any atom is 0.309 e. The zero-order valence-corrected chi connectivity index (χ0v) is 31.0. The summed E-state index contributed by atoms with van der Waals surface area (Å²) in [7, 11) is 0. The lowest BCUT2D eigenvalue weighted by molar-refractivity contribution is -0.150. The molecule has 44 heavy (non-hydrogen) atoms. The zero-order chi connectivity index (χ0) is 32.2. The topological polar surface area (TPSA) is 37.3 Å². The lowest BCUT2D eigenvalue weighted by Gasteiger charge is -2.28. The van der Waals surface area contributed by atoms with Gasteiger partial charge in [-0.25, -0.2) is 0 Å². The normalized spacial score (nSPS) is 13.0. The van der Waals surface area contributed by atoms with Crippen LogP contribution in [-0.2, 0) is 4.79 Å². The quantitative estimate of drug-likeness (QED) is 0.0697. The Bertz CT molecular complexity index is 558. The Labute approximate surface area is 279 Å². The Kier molecular flexibility index (Phi) is 34.9. The molecule has 0 aromatic rings. The number of rotatable bonds is 38. The molecule has 0 saturated heterocycles. The van der Waals surface area contributed by atoms with Crippen LogP contribution in [0.2, 0.25) is 0 Å². The molecule has 2 heteroatoms. The fourth-order valence-corrected chi connectivity index (χ4v) is 7.20. The van der Waals surface area contributed by atoms with Crippen molar-refractivity contribution in [3.8, 4) is 0 Å². The van der Waals surface area contributed by atoms with E-state index >= 15 is 0 Å². The van der Waals surface area contributed by atoms with Gasteiger partial charge in [-0.2, -0.15) is 0 Å². The first-order valence-electron chi connectivity index (χ1n) is 20.9. The summed E-state index contributed by atoms with van der Waals surface area (Å²) in [5, 5.41) is 9.77. The van der Waals surface area contributed by atoms with Crippen LogP contribution in [0.3, 0.4) is 0 Å². The van der Waals surface area contributed by atoms with E-state index in [1.807, 2.05) is 0 Å². The highest BCUT2D eigenvalue weighted by molar-refractivity contribution is 5.74. The monoisotopic (exact) mass is 621 g/mol. The van der Waals surface area contributed by atoms with Crippen molar-refractivity contribution in [3.05, 3.63) is 0 Å². The van der Waals surface area contributed by atoms with E-state index in [0.717, 1.165) is 38.5 Å². The lowest BCUT2D eigenvalue weighted by Crippen LogP contribution is -2.30. The van der Waals surface area contributed by atoms with Gasteiger partial charge >= 0.3 is 5.97 Å². The Balaban J connectivity index is 3.23. The van der Waals surface area contributed by atoms with E-state index in [9.17, 15) is 9.90 Å². The average Bonchev–Trinajstić information content (AvgIpc) is 3.03. The molecule has 0 aliphatic carbocycles. The Morgan fingerprint density at radius 3 is 0.750 bits per heavy atom. The lowest BCUT2D eigenvalue weighted by atomic mass is 9.76. The van der Waals surface area contributed by atoms with E-state index in [4.69, 9.17) is 0 Å². The standard InChI is InChI=1S/C42H84O2/c1-4-7-9-10-11-12-13-14-15-16-17-18-19-20-21-22-23-24-25-26-27-28-29-30-31-32-33-34-35-36-37-38-40-42(6-3,41(43)44)39-8-5-2/h4-40H2,1-3H3,(H,43,44). The van der Waals surface area contributed by atoms with Crippen molar-refractivity contribution < 1.29 is 9.90 Å². The van der Waals surface area contributed by atoms with Crippen LogP contribution in [0.4, 0.5) is 0 Å². The van der Waals surface area contributed by atoms with E-state index in [-0.39, 0.29) is 0 Å². The molecule has 0 heterocycles. The summed E-state index contributed by atoms with van der Waals surface area (Å²) in [4.78, 5) is 11.9. The van der Waals surface area contributed by atoms with Gasteiger partial charge in [0.2, 0.25) is 0 Å². The van der Waals surface area contributed by atoms with Gasteiger partial charge in [0, 0.05) is 0 Å².